The average Bonchev–Trinajstić information content (AvgIpc) is 3.01. The molecule has 24 heavy (non-hydrogen) atoms. The van der Waals surface area contributed by atoms with Gasteiger partial charge in [0.1, 0.15) is 22.8 Å². The summed E-state index contributed by atoms with van der Waals surface area (Å²) in [5.41, 5.74) is 0.136. The summed E-state index contributed by atoms with van der Waals surface area (Å²) in [5.74, 6) is -1.96. The molecule has 126 valence electrons. The van der Waals surface area contributed by atoms with Crippen LogP contribution in [0.25, 0.3) is 0 Å². The molecule has 3 rings (SSSR count). The van der Waals surface area contributed by atoms with Crippen molar-refractivity contribution >= 4 is 23.2 Å². The number of amides is 1. The second kappa shape index (κ2) is 7.11. The third-order valence-corrected chi connectivity index (χ3v) is 3.63. The zero-order chi connectivity index (χ0) is 17.1. The predicted molar refractivity (Wildman–Crippen MR) is 83.4 cm³/mol. The molecule has 1 aromatic heterocycles. The molecular weight excluding hydrogens is 342 g/mol. The molecule has 8 heteroatoms. The third-order valence-electron chi connectivity index (χ3n) is 3.36. The number of aromatic nitrogens is 1. The lowest BCUT2D eigenvalue weighted by Crippen LogP contribution is -2.17. The molecule has 1 fully saturated rings. The summed E-state index contributed by atoms with van der Waals surface area (Å²) in [4.78, 5) is 16.2. The summed E-state index contributed by atoms with van der Waals surface area (Å²) >= 11 is 6.08. The molecule has 0 spiro atoms. The first kappa shape index (κ1) is 16.6. The topological polar surface area (TPSA) is 60.5 Å². The summed E-state index contributed by atoms with van der Waals surface area (Å²) in [6.07, 6.45) is 1.90. The van der Waals surface area contributed by atoms with Gasteiger partial charge in [-0.15, -0.1) is 0 Å². The Kier molecular flexibility index (Phi) is 4.92. The molecular formula is C16H13ClF2N2O3. The van der Waals surface area contributed by atoms with Gasteiger partial charge in [-0.1, -0.05) is 11.6 Å². The van der Waals surface area contributed by atoms with E-state index in [1.807, 2.05) is 0 Å². The Balaban J connectivity index is 1.71. The van der Waals surface area contributed by atoms with Gasteiger partial charge in [0.05, 0.1) is 18.8 Å². The number of halogens is 3. The van der Waals surface area contributed by atoms with Gasteiger partial charge in [-0.05, 0) is 18.2 Å². The van der Waals surface area contributed by atoms with Crippen molar-refractivity contribution in [3.8, 4) is 5.88 Å². The monoisotopic (exact) mass is 354 g/mol. The number of ether oxygens (including phenoxy) is 2. The zero-order valence-electron chi connectivity index (χ0n) is 12.4. The van der Waals surface area contributed by atoms with E-state index in [4.69, 9.17) is 21.1 Å². The summed E-state index contributed by atoms with van der Waals surface area (Å²) in [7, 11) is 0. The number of rotatable bonds is 4. The van der Waals surface area contributed by atoms with Crippen LogP contribution in [0.3, 0.4) is 0 Å². The van der Waals surface area contributed by atoms with Gasteiger partial charge in [0.15, 0.2) is 0 Å². The van der Waals surface area contributed by atoms with E-state index in [0.717, 1.165) is 18.6 Å². The molecule has 0 bridgehead atoms. The Morgan fingerprint density at radius 3 is 2.67 bits per heavy atom. The van der Waals surface area contributed by atoms with Crippen LogP contribution >= 0.6 is 11.6 Å². The highest BCUT2D eigenvalue weighted by Gasteiger charge is 2.20. The van der Waals surface area contributed by atoms with Crippen LogP contribution in [0, 0.1) is 11.6 Å². The van der Waals surface area contributed by atoms with Gasteiger partial charge in [0.25, 0.3) is 5.91 Å². The SMILES string of the molecule is O=C(Nc1cc(F)cc(F)c1)c1cnc(OC2CCOC2)c(Cl)c1. The van der Waals surface area contributed by atoms with Crippen LogP contribution < -0.4 is 10.1 Å². The number of nitrogens with one attached hydrogen (secondary N) is 1. The number of hydrogen-bond acceptors (Lipinski definition) is 4. The molecule has 1 aliphatic heterocycles. The van der Waals surface area contributed by atoms with Gasteiger partial charge in [-0.25, -0.2) is 13.8 Å². The first-order valence-corrected chi connectivity index (χ1v) is 7.56. The highest BCUT2D eigenvalue weighted by Crippen LogP contribution is 2.25. The van der Waals surface area contributed by atoms with Crippen LogP contribution in [0.1, 0.15) is 16.8 Å². The van der Waals surface area contributed by atoms with Crippen LogP contribution in [0.15, 0.2) is 30.5 Å². The Morgan fingerprint density at radius 1 is 1.29 bits per heavy atom. The van der Waals surface area contributed by atoms with E-state index in [1.165, 1.54) is 12.3 Å². The highest BCUT2D eigenvalue weighted by atomic mass is 35.5. The highest BCUT2D eigenvalue weighted by molar-refractivity contribution is 6.32. The van der Waals surface area contributed by atoms with Crippen molar-refractivity contribution in [1.29, 1.82) is 0 Å². The fourth-order valence-electron chi connectivity index (χ4n) is 2.23. The lowest BCUT2D eigenvalue weighted by atomic mass is 10.2. The molecule has 0 radical (unpaired) electrons. The Bertz CT molecular complexity index is 747. The second-order valence-electron chi connectivity index (χ2n) is 5.23. The lowest BCUT2D eigenvalue weighted by molar-refractivity contribution is 0.102. The maximum absolute atomic E-state index is 13.1. The van der Waals surface area contributed by atoms with Gasteiger partial charge < -0.3 is 14.8 Å². The van der Waals surface area contributed by atoms with Crippen molar-refractivity contribution in [3.63, 3.8) is 0 Å². The first-order chi connectivity index (χ1) is 11.5. The van der Waals surface area contributed by atoms with E-state index in [9.17, 15) is 13.6 Å². The van der Waals surface area contributed by atoms with Gasteiger partial charge in [-0.2, -0.15) is 0 Å². The Labute approximate surface area is 141 Å². The first-order valence-electron chi connectivity index (χ1n) is 7.18. The third kappa shape index (κ3) is 3.98. The van der Waals surface area contributed by atoms with E-state index in [0.29, 0.717) is 19.3 Å². The maximum Gasteiger partial charge on any atom is 0.257 e. The number of pyridine rings is 1. The Hall–Kier alpha value is -2.25. The molecule has 2 aromatic rings. The van der Waals surface area contributed by atoms with E-state index in [-0.39, 0.29) is 28.3 Å². The van der Waals surface area contributed by atoms with Crippen LogP contribution in [-0.2, 0) is 4.74 Å². The molecule has 5 nitrogen and oxygen atoms in total. The summed E-state index contributed by atoms with van der Waals surface area (Å²) in [5, 5.41) is 2.55. The normalized spacial score (nSPS) is 16.9. The van der Waals surface area contributed by atoms with Crippen molar-refractivity contribution in [2.24, 2.45) is 0 Å². The quantitative estimate of drug-likeness (QED) is 0.913. The predicted octanol–water partition coefficient (Wildman–Crippen LogP) is 3.43. The van der Waals surface area contributed by atoms with E-state index in [2.05, 4.69) is 10.3 Å². The van der Waals surface area contributed by atoms with Crippen molar-refractivity contribution in [3.05, 3.63) is 52.7 Å². The molecule has 1 amide bonds. The molecule has 2 heterocycles. The lowest BCUT2D eigenvalue weighted by Gasteiger charge is -2.12. The van der Waals surface area contributed by atoms with Crippen LogP contribution in [0.5, 0.6) is 5.88 Å². The van der Waals surface area contributed by atoms with Gasteiger partial charge >= 0.3 is 0 Å². The molecule has 1 saturated heterocycles. The summed E-state index contributed by atoms with van der Waals surface area (Å²) in [6.45, 7) is 1.08. The van der Waals surface area contributed by atoms with E-state index in [1.54, 1.807) is 0 Å². The number of hydrogen-bond donors (Lipinski definition) is 1. The van der Waals surface area contributed by atoms with E-state index >= 15 is 0 Å². The number of anilines is 1. The molecule has 1 aliphatic rings. The second-order valence-corrected chi connectivity index (χ2v) is 5.63. The van der Waals surface area contributed by atoms with Gasteiger partial charge in [0.2, 0.25) is 5.88 Å². The minimum atomic E-state index is -0.788. The molecule has 1 unspecified atom stereocenters. The molecule has 1 aromatic carbocycles. The van der Waals surface area contributed by atoms with Crippen molar-refractivity contribution < 1.29 is 23.0 Å². The molecule has 1 N–H and O–H groups in total. The molecule has 0 saturated carbocycles. The summed E-state index contributed by atoms with van der Waals surface area (Å²) < 4.78 is 37.1. The average molecular weight is 355 g/mol. The molecule has 0 aliphatic carbocycles. The fourth-order valence-corrected chi connectivity index (χ4v) is 2.44. The van der Waals surface area contributed by atoms with Crippen molar-refractivity contribution in [2.75, 3.05) is 18.5 Å². The van der Waals surface area contributed by atoms with E-state index < -0.39 is 17.5 Å². The standard InChI is InChI=1S/C16H13ClF2N2O3/c17-14-3-9(7-20-16(14)24-13-1-2-23-8-13)15(22)21-12-5-10(18)4-11(19)6-12/h3-7,13H,1-2,8H2,(H,21,22). The minimum absolute atomic E-state index is 0.00273. The number of benzene rings is 1. The van der Waals surface area contributed by atoms with Gasteiger partial charge in [-0.3, -0.25) is 4.79 Å². The maximum atomic E-state index is 13.1. The summed E-state index contributed by atoms with van der Waals surface area (Å²) in [6, 6.07) is 4.11. The Morgan fingerprint density at radius 2 is 2.04 bits per heavy atom. The minimum Gasteiger partial charge on any atom is -0.471 e. The van der Waals surface area contributed by atoms with Crippen LogP contribution in [0.2, 0.25) is 5.02 Å². The zero-order valence-corrected chi connectivity index (χ0v) is 13.1. The smallest absolute Gasteiger partial charge is 0.257 e. The van der Waals surface area contributed by atoms with Crippen LogP contribution in [-0.4, -0.2) is 30.2 Å². The number of nitrogens with zero attached hydrogens (tertiary/aromatic N) is 1. The van der Waals surface area contributed by atoms with Gasteiger partial charge in [0, 0.05) is 24.4 Å². The number of carbonyl (C=O) groups is 1. The fraction of sp³-hybridized carbons (Fsp3) is 0.250. The largest absolute Gasteiger partial charge is 0.471 e. The van der Waals surface area contributed by atoms with Crippen molar-refractivity contribution in [2.45, 2.75) is 12.5 Å². The van der Waals surface area contributed by atoms with Crippen molar-refractivity contribution in [1.82, 2.24) is 4.98 Å². The van der Waals surface area contributed by atoms with Crippen LogP contribution in [0.4, 0.5) is 14.5 Å². The number of carbonyl (C=O) groups excluding carboxylic acids is 1. The molecule has 1 atom stereocenters.